The lowest BCUT2D eigenvalue weighted by atomic mass is 10.1. The lowest BCUT2D eigenvalue weighted by Gasteiger charge is -2.16. The molecule has 0 aliphatic carbocycles. The first-order valence-electron chi connectivity index (χ1n) is 12.6. The topological polar surface area (TPSA) is 81.6 Å². The van der Waals surface area contributed by atoms with Crippen molar-refractivity contribution in [1.29, 1.82) is 0 Å². The maximum Gasteiger partial charge on any atom is 0.227 e. The second-order valence-electron chi connectivity index (χ2n) is 9.15. The Morgan fingerprint density at radius 1 is 1.00 bits per heavy atom. The predicted molar refractivity (Wildman–Crippen MR) is 139 cm³/mol. The van der Waals surface area contributed by atoms with Crippen molar-refractivity contribution in [2.24, 2.45) is 0 Å². The highest BCUT2D eigenvalue weighted by Crippen LogP contribution is 2.27. The van der Waals surface area contributed by atoms with Gasteiger partial charge in [-0.1, -0.05) is 12.2 Å². The third-order valence-corrected chi connectivity index (χ3v) is 6.27. The average molecular weight is 488 g/mol. The van der Waals surface area contributed by atoms with Crippen molar-refractivity contribution in [2.75, 3.05) is 44.8 Å². The molecular weight excluding hydrogens is 454 g/mol. The molecule has 1 fully saturated rings. The van der Waals surface area contributed by atoms with Crippen molar-refractivity contribution in [3.05, 3.63) is 71.7 Å². The van der Waals surface area contributed by atoms with E-state index in [1.54, 1.807) is 6.20 Å². The largest absolute Gasteiger partial charge is 0.492 e. The van der Waals surface area contributed by atoms with Crippen LogP contribution in [0.1, 0.15) is 29.7 Å². The first-order chi connectivity index (χ1) is 17.7. The van der Waals surface area contributed by atoms with E-state index in [0.717, 1.165) is 59.1 Å². The summed E-state index contributed by atoms with van der Waals surface area (Å²) in [5.74, 6) is 1.33. The van der Waals surface area contributed by atoms with Crippen LogP contribution >= 0.6 is 0 Å². The van der Waals surface area contributed by atoms with Gasteiger partial charge in [0.1, 0.15) is 12.4 Å². The summed E-state index contributed by atoms with van der Waals surface area (Å²) in [6.45, 7) is 7.83. The number of hydrogen-bond acceptors (Lipinski definition) is 8. The highest BCUT2D eigenvalue weighted by molar-refractivity contribution is 5.65. The van der Waals surface area contributed by atoms with Gasteiger partial charge in [0.05, 0.1) is 37.8 Å². The standard InChI is InChI=1S/C28H33N5O3/c1-21-18-30-28-31-24-14-22(15-26(17-24)36-13-10-33-8-2-3-9-33)19-34-11-4-5-12-35-20-25-16-23(6-7-29-25)27(21)32-28/h4-7,14-18H,2-3,8-13,19-20H2,1H3,(H,30,31,32)/b5-4+. The summed E-state index contributed by atoms with van der Waals surface area (Å²) in [6.07, 6.45) is 10.1. The van der Waals surface area contributed by atoms with Gasteiger partial charge in [-0.3, -0.25) is 9.88 Å². The Hall–Kier alpha value is -3.33. The molecule has 3 aromatic rings. The lowest BCUT2D eigenvalue weighted by molar-refractivity contribution is 0.139. The van der Waals surface area contributed by atoms with Crippen LogP contribution in [0.2, 0.25) is 0 Å². The van der Waals surface area contributed by atoms with Crippen molar-refractivity contribution in [2.45, 2.75) is 33.0 Å². The molecule has 36 heavy (non-hydrogen) atoms. The summed E-state index contributed by atoms with van der Waals surface area (Å²) in [4.78, 5) is 16.2. The third kappa shape index (κ3) is 6.66. The SMILES string of the molecule is Cc1cnc2nc1-c1ccnc(c1)COC/C=C/COCc1cc(cc(OCCN3CCCC3)c1)N2. The highest BCUT2D eigenvalue weighted by Gasteiger charge is 2.13. The Bertz CT molecular complexity index is 1190. The van der Waals surface area contributed by atoms with Crippen molar-refractivity contribution >= 4 is 11.6 Å². The quantitative estimate of drug-likeness (QED) is 0.532. The fourth-order valence-electron chi connectivity index (χ4n) is 4.44. The number of rotatable bonds is 4. The van der Waals surface area contributed by atoms with E-state index in [-0.39, 0.29) is 0 Å². The van der Waals surface area contributed by atoms with Crippen LogP contribution in [0, 0.1) is 6.92 Å². The number of benzene rings is 1. The van der Waals surface area contributed by atoms with Crippen molar-refractivity contribution in [3.63, 3.8) is 0 Å². The van der Waals surface area contributed by atoms with E-state index in [9.17, 15) is 0 Å². The van der Waals surface area contributed by atoms with Gasteiger partial charge < -0.3 is 19.5 Å². The molecule has 1 N–H and O–H groups in total. The summed E-state index contributed by atoms with van der Waals surface area (Å²) >= 11 is 0. The Labute approximate surface area is 212 Å². The van der Waals surface area contributed by atoms with Gasteiger partial charge in [0.15, 0.2) is 0 Å². The molecule has 0 saturated carbocycles. The first kappa shape index (κ1) is 24.4. The number of fused-ring (bicyclic) bond motifs is 7. The van der Waals surface area contributed by atoms with E-state index < -0.39 is 0 Å². The molecule has 6 bridgehead atoms. The number of nitrogens with one attached hydrogen (secondary N) is 1. The summed E-state index contributed by atoms with van der Waals surface area (Å²) in [5, 5.41) is 3.37. The van der Waals surface area contributed by atoms with Gasteiger partial charge in [-0.15, -0.1) is 0 Å². The summed E-state index contributed by atoms with van der Waals surface area (Å²) in [7, 11) is 0. The van der Waals surface area contributed by atoms with Gasteiger partial charge in [0.2, 0.25) is 5.95 Å². The maximum atomic E-state index is 6.15. The first-order valence-corrected chi connectivity index (χ1v) is 12.6. The maximum absolute atomic E-state index is 6.15. The summed E-state index contributed by atoms with van der Waals surface area (Å²) in [5.41, 5.74) is 5.57. The van der Waals surface area contributed by atoms with E-state index in [1.165, 1.54) is 12.8 Å². The molecule has 0 unspecified atom stereocenters. The van der Waals surface area contributed by atoms with E-state index in [0.29, 0.717) is 39.0 Å². The molecule has 5 rings (SSSR count). The van der Waals surface area contributed by atoms with Crippen LogP contribution in [-0.2, 0) is 22.7 Å². The van der Waals surface area contributed by atoms with Crippen molar-refractivity contribution < 1.29 is 14.2 Å². The number of nitrogens with zero attached hydrogens (tertiary/aromatic N) is 4. The van der Waals surface area contributed by atoms with Crippen molar-refractivity contribution in [3.8, 4) is 17.0 Å². The minimum absolute atomic E-state index is 0.430. The van der Waals surface area contributed by atoms with Crippen LogP contribution in [0.3, 0.4) is 0 Å². The van der Waals surface area contributed by atoms with E-state index in [2.05, 4.69) is 26.3 Å². The molecule has 0 spiro atoms. The number of aromatic nitrogens is 3. The number of ether oxygens (including phenoxy) is 3. The zero-order chi connectivity index (χ0) is 24.6. The molecule has 0 atom stereocenters. The van der Waals surface area contributed by atoms with Gasteiger partial charge >= 0.3 is 0 Å². The monoisotopic (exact) mass is 487 g/mol. The van der Waals surface area contributed by atoms with Crippen molar-refractivity contribution in [1.82, 2.24) is 19.9 Å². The predicted octanol–water partition coefficient (Wildman–Crippen LogP) is 4.67. The molecule has 2 aromatic heterocycles. The van der Waals surface area contributed by atoms with Gasteiger partial charge in [0.25, 0.3) is 0 Å². The van der Waals surface area contributed by atoms with Crippen LogP contribution in [0.15, 0.2) is 54.9 Å². The molecule has 8 heteroatoms. The van der Waals surface area contributed by atoms with Crippen LogP contribution in [0.5, 0.6) is 5.75 Å². The second kappa shape index (κ2) is 12.1. The minimum Gasteiger partial charge on any atom is -0.492 e. The smallest absolute Gasteiger partial charge is 0.227 e. The number of anilines is 2. The fourth-order valence-corrected chi connectivity index (χ4v) is 4.44. The molecule has 1 aromatic carbocycles. The Balaban J connectivity index is 1.41. The molecule has 0 amide bonds. The molecule has 4 heterocycles. The molecular formula is C28H33N5O3. The Morgan fingerprint density at radius 2 is 1.83 bits per heavy atom. The molecule has 8 nitrogen and oxygen atoms in total. The summed E-state index contributed by atoms with van der Waals surface area (Å²) < 4.78 is 17.8. The third-order valence-electron chi connectivity index (χ3n) is 6.27. The average Bonchev–Trinajstić information content (AvgIpc) is 3.40. The second-order valence-corrected chi connectivity index (χ2v) is 9.15. The van der Waals surface area contributed by atoms with Gasteiger partial charge in [-0.05, 0) is 68.2 Å². The molecule has 1 saturated heterocycles. The zero-order valence-electron chi connectivity index (χ0n) is 20.8. The van der Waals surface area contributed by atoms with E-state index in [1.807, 2.05) is 49.5 Å². The molecule has 188 valence electrons. The zero-order valence-corrected chi connectivity index (χ0v) is 20.8. The normalized spacial score (nSPS) is 17.6. The number of hydrogen-bond donors (Lipinski definition) is 1. The highest BCUT2D eigenvalue weighted by atomic mass is 16.5. The van der Waals surface area contributed by atoms with Gasteiger partial charge in [-0.2, -0.15) is 0 Å². The van der Waals surface area contributed by atoms with Crippen LogP contribution in [0.25, 0.3) is 11.3 Å². The van der Waals surface area contributed by atoms with Crippen LogP contribution in [-0.4, -0.2) is 59.3 Å². The van der Waals surface area contributed by atoms with Crippen LogP contribution in [0.4, 0.5) is 11.6 Å². The van der Waals surface area contributed by atoms with E-state index in [4.69, 9.17) is 19.2 Å². The van der Waals surface area contributed by atoms with Crippen LogP contribution < -0.4 is 10.1 Å². The number of likely N-dealkylation sites (tertiary alicyclic amines) is 1. The molecule has 0 radical (unpaired) electrons. The van der Waals surface area contributed by atoms with Gasteiger partial charge in [0, 0.05) is 36.3 Å². The van der Waals surface area contributed by atoms with E-state index >= 15 is 0 Å². The fraction of sp³-hybridized carbons (Fsp3) is 0.393. The Morgan fingerprint density at radius 3 is 2.69 bits per heavy atom. The Kier molecular flexibility index (Phi) is 8.17. The summed E-state index contributed by atoms with van der Waals surface area (Å²) in [6, 6.07) is 10.1. The number of pyridine rings is 1. The molecule has 2 aliphatic heterocycles. The lowest BCUT2D eigenvalue weighted by Crippen LogP contribution is -2.25. The van der Waals surface area contributed by atoms with Gasteiger partial charge in [-0.25, -0.2) is 9.97 Å². The molecule has 2 aliphatic rings. The number of aryl methyl sites for hydroxylation is 1. The minimum atomic E-state index is 0.430.